The van der Waals surface area contributed by atoms with E-state index in [1.165, 1.54) is 36.6 Å². The minimum atomic E-state index is -0.147. The largest absolute Gasteiger partial charge is 0.341 e. The van der Waals surface area contributed by atoms with E-state index < -0.39 is 0 Å². The lowest BCUT2D eigenvalue weighted by Gasteiger charge is -2.27. The molecule has 1 amide bonds. The van der Waals surface area contributed by atoms with Crippen LogP contribution in [0.5, 0.6) is 0 Å². The highest BCUT2D eigenvalue weighted by atomic mass is 16.2. The van der Waals surface area contributed by atoms with Gasteiger partial charge in [-0.05, 0) is 31.4 Å². The Labute approximate surface area is 142 Å². The summed E-state index contributed by atoms with van der Waals surface area (Å²) < 4.78 is 1.43. The predicted octanol–water partition coefficient (Wildman–Crippen LogP) is 2.89. The Hall–Kier alpha value is -2.17. The van der Waals surface area contributed by atoms with E-state index in [2.05, 4.69) is 4.98 Å². The molecule has 0 aliphatic heterocycles. The van der Waals surface area contributed by atoms with Gasteiger partial charge in [-0.2, -0.15) is 0 Å². The van der Waals surface area contributed by atoms with E-state index in [1.807, 2.05) is 31.0 Å². The lowest BCUT2D eigenvalue weighted by atomic mass is 10.1. The molecule has 0 N–H and O–H groups in total. The summed E-state index contributed by atoms with van der Waals surface area (Å²) in [5, 5.41) is 0.572. The second-order valence-electron chi connectivity index (χ2n) is 6.80. The zero-order chi connectivity index (χ0) is 17.1. The minimum Gasteiger partial charge on any atom is -0.341 e. The Morgan fingerprint density at radius 2 is 1.96 bits per heavy atom. The third-order valence-electron chi connectivity index (χ3n) is 5.13. The Bertz CT molecular complexity index is 789. The topological polar surface area (TPSA) is 55.2 Å². The van der Waals surface area contributed by atoms with Crippen LogP contribution in [0, 0.1) is 6.92 Å². The molecule has 1 aromatic carbocycles. The van der Waals surface area contributed by atoms with Crippen molar-refractivity contribution < 1.29 is 4.79 Å². The molecule has 1 aromatic heterocycles. The predicted molar refractivity (Wildman–Crippen MR) is 95.0 cm³/mol. The summed E-state index contributed by atoms with van der Waals surface area (Å²) in [6.07, 6.45) is 8.49. The summed E-state index contributed by atoms with van der Waals surface area (Å²) in [4.78, 5) is 31.4. The number of hydrogen-bond acceptors (Lipinski definition) is 3. The van der Waals surface area contributed by atoms with Crippen LogP contribution in [0.15, 0.2) is 29.3 Å². The van der Waals surface area contributed by atoms with Crippen molar-refractivity contribution in [2.75, 3.05) is 7.05 Å². The SMILES string of the molecule is Cc1cccc2c(=O)n(CC(=O)N(C)C3CCCCCC3)cnc12. The normalized spacial score (nSPS) is 16.1. The summed E-state index contributed by atoms with van der Waals surface area (Å²) >= 11 is 0. The number of carbonyl (C=O) groups excluding carboxylic acids is 1. The molecule has 0 atom stereocenters. The Morgan fingerprint density at radius 1 is 1.25 bits per heavy atom. The maximum absolute atomic E-state index is 12.6. The van der Waals surface area contributed by atoms with Crippen LogP contribution in [0.2, 0.25) is 0 Å². The van der Waals surface area contributed by atoms with E-state index in [-0.39, 0.29) is 18.0 Å². The van der Waals surface area contributed by atoms with Crippen LogP contribution in [0.1, 0.15) is 44.1 Å². The van der Waals surface area contributed by atoms with Crippen LogP contribution in [-0.4, -0.2) is 33.4 Å². The van der Waals surface area contributed by atoms with E-state index in [4.69, 9.17) is 0 Å². The summed E-state index contributed by atoms with van der Waals surface area (Å²) in [6.45, 7) is 1.99. The summed E-state index contributed by atoms with van der Waals surface area (Å²) in [5.74, 6) is -0.0159. The zero-order valence-corrected chi connectivity index (χ0v) is 14.5. The van der Waals surface area contributed by atoms with Crippen LogP contribution in [0.4, 0.5) is 0 Å². The molecular weight excluding hydrogens is 302 g/mol. The highest BCUT2D eigenvalue weighted by Crippen LogP contribution is 2.21. The fourth-order valence-electron chi connectivity index (χ4n) is 3.56. The summed E-state index contributed by atoms with van der Waals surface area (Å²) in [6, 6.07) is 5.86. The van der Waals surface area contributed by atoms with Crippen molar-refractivity contribution in [1.29, 1.82) is 0 Å². The number of aromatic nitrogens is 2. The second-order valence-corrected chi connectivity index (χ2v) is 6.80. The van der Waals surface area contributed by atoms with Gasteiger partial charge in [-0.15, -0.1) is 0 Å². The average Bonchev–Trinajstić information content (AvgIpc) is 2.86. The van der Waals surface area contributed by atoms with E-state index in [0.29, 0.717) is 16.9 Å². The van der Waals surface area contributed by atoms with Crippen molar-refractivity contribution in [2.45, 2.75) is 58.0 Å². The molecule has 1 saturated carbocycles. The molecule has 5 nitrogen and oxygen atoms in total. The van der Waals surface area contributed by atoms with Gasteiger partial charge < -0.3 is 4.90 Å². The molecule has 0 saturated heterocycles. The van der Waals surface area contributed by atoms with Crippen molar-refractivity contribution in [1.82, 2.24) is 14.5 Å². The van der Waals surface area contributed by atoms with Gasteiger partial charge >= 0.3 is 0 Å². The van der Waals surface area contributed by atoms with Gasteiger partial charge in [0.1, 0.15) is 6.54 Å². The molecule has 0 spiro atoms. The zero-order valence-electron chi connectivity index (χ0n) is 14.5. The van der Waals surface area contributed by atoms with Gasteiger partial charge in [-0.3, -0.25) is 14.2 Å². The highest BCUT2D eigenvalue weighted by molar-refractivity contribution is 5.81. The first-order chi connectivity index (χ1) is 11.6. The molecule has 5 heteroatoms. The van der Waals surface area contributed by atoms with Crippen molar-refractivity contribution in [2.24, 2.45) is 0 Å². The van der Waals surface area contributed by atoms with E-state index in [1.54, 1.807) is 6.07 Å². The third-order valence-corrected chi connectivity index (χ3v) is 5.13. The minimum absolute atomic E-state index is 0.0159. The van der Waals surface area contributed by atoms with Gasteiger partial charge in [-0.25, -0.2) is 4.98 Å². The fourth-order valence-corrected chi connectivity index (χ4v) is 3.56. The molecule has 3 rings (SSSR count). The molecule has 0 unspecified atom stereocenters. The van der Waals surface area contributed by atoms with Crippen molar-refractivity contribution in [3.8, 4) is 0 Å². The van der Waals surface area contributed by atoms with Gasteiger partial charge in [0.2, 0.25) is 5.91 Å². The number of carbonyl (C=O) groups is 1. The monoisotopic (exact) mass is 327 g/mol. The van der Waals surface area contributed by atoms with Gasteiger partial charge in [-0.1, -0.05) is 37.8 Å². The van der Waals surface area contributed by atoms with E-state index >= 15 is 0 Å². The van der Waals surface area contributed by atoms with Gasteiger partial charge in [0.25, 0.3) is 5.56 Å². The van der Waals surface area contributed by atoms with Crippen LogP contribution >= 0.6 is 0 Å². The van der Waals surface area contributed by atoms with Crippen molar-refractivity contribution in [3.05, 3.63) is 40.4 Å². The molecule has 0 radical (unpaired) electrons. The van der Waals surface area contributed by atoms with Crippen LogP contribution < -0.4 is 5.56 Å². The molecule has 1 fully saturated rings. The first kappa shape index (κ1) is 16.7. The number of rotatable bonds is 3. The number of likely N-dealkylation sites (N-methyl/N-ethyl adjacent to an activating group) is 1. The lowest BCUT2D eigenvalue weighted by Crippen LogP contribution is -2.40. The van der Waals surface area contributed by atoms with Crippen LogP contribution in [0.25, 0.3) is 10.9 Å². The Kier molecular flexibility index (Phi) is 4.97. The van der Waals surface area contributed by atoms with Gasteiger partial charge in [0, 0.05) is 13.1 Å². The van der Waals surface area contributed by atoms with Crippen LogP contribution in [0.3, 0.4) is 0 Å². The Morgan fingerprint density at radius 3 is 2.67 bits per heavy atom. The van der Waals surface area contributed by atoms with Crippen LogP contribution in [-0.2, 0) is 11.3 Å². The number of amides is 1. The number of fused-ring (bicyclic) bond motifs is 1. The number of benzene rings is 1. The maximum atomic E-state index is 12.6. The van der Waals surface area contributed by atoms with Crippen molar-refractivity contribution in [3.63, 3.8) is 0 Å². The van der Waals surface area contributed by atoms with E-state index in [0.717, 1.165) is 18.4 Å². The number of para-hydroxylation sites is 1. The fraction of sp³-hybridized carbons (Fsp3) is 0.526. The summed E-state index contributed by atoms with van der Waals surface area (Å²) in [5.41, 5.74) is 1.54. The molecule has 24 heavy (non-hydrogen) atoms. The second kappa shape index (κ2) is 7.16. The van der Waals surface area contributed by atoms with Gasteiger partial charge in [0.15, 0.2) is 0 Å². The number of nitrogens with zero attached hydrogens (tertiary/aromatic N) is 3. The molecule has 128 valence electrons. The maximum Gasteiger partial charge on any atom is 0.261 e. The molecule has 0 bridgehead atoms. The average molecular weight is 327 g/mol. The quantitative estimate of drug-likeness (QED) is 0.815. The molecule has 2 aromatic rings. The Balaban J connectivity index is 1.80. The summed E-state index contributed by atoms with van der Waals surface area (Å²) in [7, 11) is 1.86. The number of aryl methyl sites for hydroxylation is 1. The van der Waals surface area contributed by atoms with Crippen molar-refractivity contribution >= 4 is 16.8 Å². The molecular formula is C19H25N3O2. The third kappa shape index (κ3) is 3.35. The highest BCUT2D eigenvalue weighted by Gasteiger charge is 2.21. The number of hydrogen-bond donors (Lipinski definition) is 0. The smallest absolute Gasteiger partial charge is 0.261 e. The van der Waals surface area contributed by atoms with Gasteiger partial charge in [0.05, 0.1) is 17.2 Å². The molecule has 1 aliphatic rings. The standard InChI is InChI=1S/C19H25N3O2/c1-14-8-7-11-16-18(14)20-13-22(19(16)24)12-17(23)21(2)15-9-5-3-4-6-10-15/h7-8,11,13,15H,3-6,9-10,12H2,1-2H3. The lowest BCUT2D eigenvalue weighted by molar-refractivity contribution is -0.132. The molecule has 1 heterocycles. The first-order valence-corrected chi connectivity index (χ1v) is 8.78. The van der Waals surface area contributed by atoms with E-state index in [9.17, 15) is 9.59 Å². The molecule has 1 aliphatic carbocycles. The first-order valence-electron chi connectivity index (χ1n) is 8.78.